The SMILES string of the molecule is O=C(N[C@@H](CO)Cc1ccccc1)OCCO. The van der Waals surface area contributed by atoms with Crippen molar-refractivity contribution in [1.82, 2.24) is 5.32 Å². The highest BCUT2D eigenvalue weighted by atomic mass is 16.6. The Kier molecular flexibility index (Phi) is 6.06. The first kappa shape index (κ1) is 13.5. The van der Waals surface area contributed by atoms with Gasteiger partial charge in [0.1, 0.15) is 6.61 Å². The van der Waals surface area contributed by atoms with E-state index in [-0.39, 0.29) is 25.9 Å². The molecule has 1 amide bonds. The maximum absolute atomic E-state index is 11.2. The van der Waals surface area contributed by atoms with Crippen LogP contribution in [-0.4, -0.2) is 42.2 Å². The largest absolute Gasteiger partial charge is 0.447 e. The minimum absolute atomic E-state index is 0.0463. The van der Waals surface area contributed by atoms with Gasteiger partial charge in [0.15, 0.2) is 0 Å². The Morgan fingerprint density at radius 3 is 2.59 bits per heavy atom. The monoisotopic (exact) mass is 239 g/mol. The van der Waals surface area contributed by atoms with Gasteiger partial charge in [-0.05, 0) is 12.0 Å². The summed E-state index contributed by atoms with van der Waals surface area (Å²) < 4.78 is 4.65. The fourth-order valence-corrected chi connectivity index (χ4v) is 1.41. The van der Waals surface area contributed by atoms with Gasteiger partial charge in [-0.15, -0.1) is 0 Å². The molecular weight excluding hydrogens is 222 g/mol. The first-order chi connectivity index (χ1) is 8.26. The van der Waals surface area contributed by atoms with Crippen LogP contribution in [0.2, 0.25) is 0 Å². The second kappa shape index (κ2) is 7.65. The highest BCUT2D eigenvalue weighted by molar-refractivity contribution is 5.67. The number of rotatable bonds is 6. The number of alkyl carbamates (subject to hydrolysis) is 1. The molecule has 0 aliphatic rings. The van der Waals surface area contributed by atoms with Crippen LogP contribution in [0.3, 0.4) is 0 Å². The molecular formula is C12H17NO4. The molecule has 5 heteroatoms. The van der Waals surface area contributed by atoms with Crippen molar-refractivity contribution in [3.05, 3.63) is 35.9 Å². The van der Waals surface area contributed by atoms with Crippen molar-refractivity contribution >= 4 is 6.09 Å². The second-order valence-corrected chi connectivity index (χ2v) is 3.57. The number of aliphatic hydroxyl groups is 2. The summed E-state index contributed by atoms with van der Waals surface area (Å²) in [5.41, 5.74) is 1.02. The number of ether oxygens (including phenoxy) is 1. The number of aliphatic hydroxyl groups excluding tert-OH is 2. The zero-order valence-electron chi connectivity index (χ0n) is 9.50. The zero-order chi connectivity index (χ0) is 12.5. The molecule has 1 aromatic rings. The summed E-state index contributed by atoms with van der Waals surface area (Å²) >= 11 is 0. The van der Waals surface area contributed by atoms with E-state index in [9.17, 15) is 4.79 Å². The molecule has 1 atom stereocenters. The summed E-state index contributed by atoms with van der Waals surface area (Å²) in [5.74, 6) is 0. The Morgan fingerprint density at radius 2 is 2.00 bits per heavy atom. The lowest BCUT2D eigenvalue weighted by atomic mass is 10.1. The number of amides is 1. The third kappa shape index (κ3) is 5.33. The second-order valence-electron chi connectivity index (χ2n) is 3.57. The standard InChI is InChI=1S/C12H17NO4/c14-6-7-17-12(16)13-11(9-15)8-10-4-2-1-3-5-10/h1-5,11,14-15H,6-9H2,(H,13,16)/t11-/m1/s1. The van der Waals surface area contributed by atoms with Crippen molar-refractivity contribution in [2.24, 2.45) is 0 Å². The first-order valence-corrected chi connectivity index (χ1v) is 5.45. The maximum atomic E-state index is 11.2. The third-order valence-electron chi connectivity index (χ3n) is 2.19. The summed E-state index contributed by atoms with van der Waals surface area (Å²) in [7, 11) is 0. The van der Waals surface area contributed by atoms with Gasteiger partial charge in [-0.1, -0.05) is 30.3 Å². The van der Waals surface area contributed by atoms with Crippen LogP contribution in [0.25, 0.3) is 0 Å². The molecule has 0 unspecified atom stereocenters. The van der Waals surface area contributed by atoms with Gasteiger partial charge in [-0.25, -0.2) is 4.79 Å². The average molecular weight is 239 g/mol. The fourth-order valence-electron chi connectivity index (χ4n) is 1.41. The van der Waals surface area contributed by atoms with Crippen LogP contribution >= 0.6 is 0 Å². The van der Waals surface area contributed by atoms with E-state index in [2.05, 4.69) is 10.1 Å². The molecule has 0 radical (unpaired) electrons. The van der Waals surface area contributed by atoms with Crippen LogP contribution in [0.4, 0.5) is 4.79 Å². The number of carbonyl (C=O) groups excluding carboxylic acids is 1. The molecule has 17 heavy (non-hydrogen) atoms. The van der Waals surface area contributed by atoms with Crippen molar-refractivity contribution in [1.29, 1.82) is 0 Å². The van der Waals surface area contributed by atoms with Crippen molar-refractivity contribution in [2.75, 3.05) is 19.8 Å². The van der Waals surface area contributed by atoms with Crippen molar-refractivity contribution < 1.29 is 19.7 Å². The van der Waals surface area contributed by atoms with E-state index in [4.69, 9.17) is 10.2 Å². The summed E-state index contributed by atoms with van der Waals surface area (Å²) in [6, 6.07) is 9.15. The predicted molar refractivity (Wildman–Crippen MR) is 62.6 cm³/mol. The highest BCUT2D eigenvalue weighted by Gasteiger charge is 2.12. The van der Waals surface area contributed by atoms with Crippen LogP contribution in [0.1, 0.15) is 5.56 Å². The van der Waals surface area contributed by atoms with Gasteiger partial charge in [0.05, 0.1) is 19.3 Å². The van der Waals surface area contributed by atoms with E-state index in [0.717, 1.165) is 5.56 Å². The van der Waals surface area contributed by atoms with Crippen LogP contribution < -0.4 is 5.32 Å². The Hall–Kier alpha value is -1.59. The topological polar surface area (TPSA) is 78.8 Å². The Labute approximate surface area is 100 Å². The van der Waals surface area contributed by atoms with E-state index in [1.807, 2.05) is 30.3 Å². The van der Waals surface area contributed by atoms with Gasteiger partial charge in [-0.2, -0.15) is 0 Å². The molecule has 0 aromatic heterocycles. The number of nitrogens with one attached hydrogen (secondary N) is 1. The molecule has 0 bridgehead atoms. The fraction of sp³-hybridized carbons (Fsp3) is 0.417. The molecule has 1 aromatic carbocycles. The molecule has 0 aliphatic carbocycles. The van der Waals surface area contributed by atoms with Crippen molar-refractivity contribution in [3.8, 4) is 0 Å². The smallest absolute Gasteiger partial charge is 0.407 e. The first-order valence-electron chi connectivity index (χ1n) is 5.45. The van der Waals surface area contributed by atoms with E-state index < -0.39 is 6.09 Å². The summed E-state index contributed by atoms with van der Waals surface area (Å²) in [6.07, 6.45) is -0.0972. The number of hydrogen-bond acceptors (Lipinski definition) is 4. The Bertz CT molecular complexity index is 329. The minimum Gasteiger partial charge on any atom is -0.447 e. The summed E-state index contributed by atoms with van der Waals surface area (Å²) in [6.45, 7) is -0.422. The molecule has 0 heterocycles. The molecule has 3 N–H and O–H groups in total. The van der Waals surface area contributed by atoms with Gasteiger partial charge < -0.3 is 20.3 Å². The molecule has 5 nitrogen and oxygen atoms in total. The number of benzene rings is 1. The lowest BCUT2D eigenvalue weighted by molar-refractivity contribution is 0.112. The van der Waals surface area contributed by atoms with Crippen LogP contribution in [0.5, 0.6) is 0 Å². The normalized spacial score (nSPS) is 11.9. The maximum Gasteiger partial charge on any atom is 0.407 e. The molecule has 0 aliphatic heterocycles. The number of hydrogen-bond donors (Lipinski definition) is 3. The summed E-state index contributed by atoms with van der Waals surface area (Å²) in [4.78, 5) is 11.2. The van der Waals surface area contributed by atoms with Crippen LogP contribution in [0, 0.1) is 0 Å². The highest BCUT2D eigenvalue weighted by Crippen LogP contribution is 2.03. The average Bonchev–Trinajstić information content (AvgIpc) is 2.36. The van der Waals surface area contributed by atoms with Gasteiger partial charge in [0.25, 0.3) is 0 Å². The zero-order valence-corrected chi connectivity index (χ0v) is 9.50. The molecule has 94 valence electrons. The van der Waals surface area contributed by atoms with Crippen molar-refractivity contribution in [3.63, 3.8) is 0 Å². The molecule has 0 spiro atoms. The van der Waals surface area contributed by atoms with Gasteiger partial charge >= 0.3 is 6.09 Å². The van der Waals surface area contributed by atoms with Crippen molar-refractivity contribution in [2.45, 2.75) is 12.5 Å². The van der Waals surface area contributed by atoms with Gasteiger partial charge in [-0.3, -0.25) is 0 Å². The van der Waals surface area contributed by atoms with Gasteiger partial charge in [0.2, 0.25) is 0 Å². The Morgan fingerprint density at radius 1 is 1.29 bits per heavy atom. The van der Waals surface area contributed by atoms with E-state index in [0.29, 0.717) is 6.42 Å². The lowest BCUT2D eigenvalue weighted by Gasteiger charge is -2.16. The minimum atomic E-state index is -0.631. The quantitative estimate of drug-likeness (QED) is 0.667. The van der Waals surface area contributed by atoms with Gasteiger partial charge in [0, 0.05) is 0 Å². The number of carbonyl (C=O) groups is 1. The van der Waals surface area contributed by atoms with E-state index >= 15 is 0 Å². The lowest BCUT2D eigenvalue weighted by Crippen LogP contribution is -2.39. The Balaban J connectivity index is 2.41. The molecule has 1 rings (SSSR count). The van der Waals surface area contributed by atoms with E-state index in [1.165, 1.54) is 0 Å². The van der Waals surface area contributed by atoms with Crippen LogP contribution in [-0.2, 0) is 11.2 Å². The van der Waals surface area contributed by atoms with E-state index in [1.54, 1.807) is 0 Å². The van der Waals surface area contributed by atoms with Crippen LogP contribution in [0.15, 0.2) is 30.3 Å². The third-order valence-corrected chi connectivity index (χ3v) is 2.19. The summed E-state index contributed by atoms with van der Waals surface area (Å²) in [5, 5.41) is 20.2. The predicted octanol–water partition coefficient (Wildman–Crippen LogP) is 0.308. The molecule has 0 saturated heterocycles. The molecule has 0 saturated carbocycles. The molecule has 0 fully saturated rings.